The van der Waals surface area contributed by atoms with Crippen LogP contribution in [0, 0.1) is 5.92 Å². The van der Waals surface area contributed by atoms with Gasteiger partial charge in [0.05, 0.1) is 24.4 Å². The Morgan fingerprint density at radius 3 is 2.80 bits per heavy atom. The first-order valence-electron chi connectivity index (χ1n) is 9.49. The summed E-state index contributed by atoms with van der Waals surface area (Å²) in [5, 5.41) is 11.4. The number of fused-ring (bicyclic) bond motifs is 2. The number of benzene rings is 1. The molecule has 1 aromatic carbocycles. The minimum atomic E-state index is -4.63. The maximum atomic E-state index is 12.9. The second-order valence-electron chi connectivity index (χ2n) is 7.56. The van der Waals surface area contributed by atoms with E-state index in [1.165, 1.54) is 13.2 Å². The average Bonchev–Trinajstić information content (AvgIpc) is 3.11. The van der Waals surface area contributed by atoms with Gasteiger partial charge in [0.2, 0.25) is 0 Å². The maximum Gasteiger partial charge on any atom is 0.433 e. The molecule has 30 heavy (non-hydrogen) atoms. The number of methoxy groups -OCH3 is 1. The topological polar surface area (TPSA) is 81.1 Å². The molecule has 3 aromatic rings. The Hall–Kier alpha value is -3.14. The summed E-state index contributed by atoms with van der Waals surface area (Å²) in [4.78, 5) is 16.0. The number of hydrogen-bond donors (Lipinski definition) is 2. The normalized spacial score (nSPS) is 22.7. The average molecular weight is 417 g/mol. The molecule has 2 aliphatic rings. The van der Waals surface area contributed by atoms with Crippen molar-refractivity contribution in [2.24, 2.45) is 5.92 Å². The number of carbonyl (C=O) groups is 1. The molecule has 0 spiro atoms. The van der Waals surface area contributed by atoms with Crippen LogP contribution in [0.1, 0.15) is 28.6 Å². The first-order valence-corrected chi connectivity index (χ1v) is 9.49. The smallest absolute Gasteiger partial charge is 0.433 e. The van der Waals surface area contributed by atoms with Gasteiger partial charge < -0.3 is 15.4 Å². The van der Waals surface area contributed by atoms with Crippen molar-refractivity contribution in [3.63, 3.8) is 0 Å². The summed E-state index contributed by atoms with van der Waals surface area (Å²) in [7, 11) is 1.45. The van der Waals surface area contributed by atoms with Gasteiger partial charge in [-0.2, -0.15) is 18.3 Å². The highest BCUT2D eigenvalue weighted by atomic mass is 19.4. The number of halogens is 3. The number of nitrogens with zero attached hydrogens (tertiary/aromatic N) is 3. The number of hydrogen-bond acceptors (Lipinski definition) is 5. The predicted molar refractivity (Wildman–Crippen MR) is 102 cm³/mol. The van der Waals surface area contributed by atoms with Crippen LogP contribution in [0.5, 0.6) is 5.75 Å². The molecule has 0 bridgehead atoms. The first-order chi connectivity index (χ1) is 14.3. The molecule has 3 heterocycles. The number of rotatable bonds is 4. The van der Waals surface area contributed by atoms with E-state index in [0.717, 1.165) is 36.0 Å². The summed E-state index contributed by atoms with van der Waals surface area (Å²) in [6, 6.07) is 7.53. The van der Waals surface area contributed by atoms with Crippen LogP contribution in [0.4, 0.5) is 18.9 Å². The lowest BCUT2D eigenvalue weighted by Crippen LogP contribution is -2.64. The van der Waals surface area contributed by atoms with Crippen LogP contribution < -0.4 is 15.4 Å². The fourth-order valence-corrected chi connectivity index (χ4v) is 4.04. The second kappa shape index (κ2) is 6.69. The fourth-order valence-electron chi connectivity index (χ4n) is 4.04. The minimum absolute atomic E-state index is 0.333. The molecule has 1 saturated carbocycles. The van der Waals surface area contributed by atoms with Crippen molar-refractivity contribution in [3.8, 4) is 5.75 Å². The molecular weight excluding hydrogens is 399 g/mol. The molecule has 3 atom stereocenters. The Kier molecular flexibility index (Phi) is 4.21. The molecule has 2 fully saturated rings. The van der Waals surface area contributed by atoms with Gasteiger partial charge in [0.25, 0.3) is 5.91 Å². The lowest BCUT2D eigenvalue weighted by atomic mass is 9.69. The highest BCUT2D eigenvalue weighted by molar-refractivity contribution is 6.05. The summed E-state index contributed by atoms with van der Waals surface area (Å²) in [6.45, 7) is 0.986. The van der Waals surface area contributed by atoms with E-state index < -0.39 is 17.8 Å². The molecular formula is C20H18F3N5O2. The van der Waals surface area contributed by atoms with Gasteiger partial charge in [-0.15, -0.1) is 0 Å². The molecule has 1 aliphatic heterocycles. The lowest BCUT2D eigenvalue weighted by Gasteiger charge is -2.53. The molecule has 0 radical (unpaired) electrons. The van der Waals surface area contributed by atoms with E-state index in [1.54, 1.807) is 12.1 Å². The Morgan fingerprint density at radius 2 is 2.17 bits per heavy atom. The maximum absolute atomic E-state index is 12.9. The summed E-state index contributed by atoms with van der Waals surface area (Å²) >= 11 is 0. The van der Waals surface area contributed by atoms with Crippen LogP contribution >= 0.6 is 0 Å². The number of pyridine rings is 1. The number of carbonyl (C=O) groups excluding carboxylic acids is 1. The largest absolute Gasteiger partial charge is 0.494 e. The van der Waals surface area contributed by atoms with Crippen molar-refractivity contribution in [1.82, 2.24) is 20.1 Å². The molecule has 7 nitrogen and oxygen atoms in total. The standard InChI is InChI=1S/C20H18F3N5O2/c1-30-17-7-13-10(9-28(27-13)16-6-14-11(16)8-24-14)5-15(17)26-19(29)12-3-2-4-18(25-12)20(21,22)23/h2-5,7,9,11,14,16,24H,6,8H2,1H3,(H,26,29). The number of amides is 1. The van der Waals surface area contributed by atoms with Crippen molar-refractivity contribution in [2.45, 2.75) is 24.7 Å². The lowest BCUT2D eigenvalue weighted by molar-refractivity contribution is -0.141. The van der Waals surface area contributed by atoms with E-state index >= 15 is 0 Å². The third kappa shape index (κ3) is 3.07. The molecule has 2 aromatic heterocycles. The molecule has 156 valence electrons. The Morgan fingerprint density at radius 1 is 1.33 bits per heavy atom. The zero-order valence-electron chi connectivity index (χ0n) is 15.9. The third-order valence-electron chi connectivity index (χ3n) is 5.83. The monoisotopic (exact) mass is 417 g/mol. The van der Waals surface area contributed by atoms with E-state index in [2.05, 4.69) is 20.7 Å². The van der Waals surface area contributed by atoms with E-state index in [4.69, 9.17) is 4.74 Å². The van der Waals surface area contributed by atoms with Crippen LogP contribution in [0.3, 0.4) is 0 Å². The van der Waals surface area contributed by atoms with Crippen molar-refractivity contribution < 1.29 is 22.7 Å². The molecule has 1 aliphatic carbocycles. The van der Waals surface area contributed by atoms with Crippen molar-refractivity contribution in [3.05, 3.63) is 47.9 Å². The number of aromatic nitrogens is 3. The summed E-state index contributed by atoms with van der Waals surface area (Å²) in [6.07, 6.45) is -1.68. The van der Waals surface area contributed by atoms with Crippen molar-refractivity contribution in [2.75, 3.05) is 19.0 Å². The van der Waals surface area contributed by atoms with Crippen molar-refractivity contribution >= 4 is 22.5 Å². The van der Waals surface area contributed by atoms with Gasteiger partial charge in [0.1, 0.15) is 17.1 Å². The number of anilines is 1. The van der Waals surface area contributed by atoms with E-state index in [1.807, 2.05) is 10.9 Å². The first kappa shape index (κ1) is 18.9. The second-order valence-corrected chi connectivity index (χ2v) is 7.56. The van der Waals surface area contributed by atoms with E-state index in [-0.39, 0.29) is 5.69 Å². The summed E-state index contributed by atoms with van der Waals surface area (Å²) in [5.41, 5.74) is -0.396. The highest BCUT2D eigenvalue weighted by Gasteiger charge is 2.48. The van der Waals surface area contributed by atoms with Crippen molar-refractivity contribution in [1.29, 1.82) is 0 Å². The number of piperidine rings is 1. The number of ether oxygens (including phenoxy) is 1. The van der Waals surface area contributed by atoms with Crippen LogP contribution in [-0.4, -0.2) is 40.4 Å². The molecule has 1 amide bonds. The molecule has 10 heteroatoms. The van der Waals surface area contributed by atoms with Gasteiger partial charge in [-0.25, -0.2) is 4.98 Å². The SMILES string of the molecule is COc1cc2nn(C3CC4NCC43)cc2cc1NC(=O)c1cccc(C(F)(F)F)n1. The predicted octanol–water partition coefficient (Wildman–Crippen LogP) is 3.24. The highest BCUT2D eigenvalue weighted by Crippen LogP contribution is 2.44. The zero-order chi connectivity index (χ0) is 21.0. The van der Waals surface area contributed by atoms with Gasteiger partial charge in [0.15, 0.2) is 0 Å². The molecule has 5 rings (SSSR count). The van der Waals surface area contributed by atoms with E-state index in [0.29, 0.717) is 29.4 Å². The van der Waals surface area contributed by atoms with Gasteiger partial charge >= 0.3 is 6.18 Å². The molecule has 2 N–H and O–H groups in total. The van der Waals surface area contributed by atoms with Gasteiger partial charge in [-0.3, -0.25) is 9.48 Å². The summed E-state index contributed by atoms with van der Waals surface area (Å²) in [5.74, 6) is 0.200. The van der Waals surface area contributed by atoms with Gasteiger partial charge in [-0.1, -0.05) is 6.07 Å². The van der Waals surface area contributed by atoms with Crippen LogP contribution in [0.15, 0.2) is 36.5 Å². The van der Waals surface area contributed by atoms with Crippen LogP contribution in [-0.2, 0) is 6.18 Å². The summed E-state index contributed by atoms with van der Waals surface area (Å²) < 4.78 is 45.9. The van der Waals surface area contributed by atoms with Gasteiger partial charge in [0, 0.05) is 36.2 Å². The zero-order valence-corrected chi connectivity index (χ0v) is 15.9. The van der Waals surface area contributed by atoms with Crippen LogP contribution in [0.25, 0.3) is 10.9 Å². The molecule has 3 unspecified atom stereocenters. The Bertz CT molecular complexity index is 1140. The number of nitrogens with one attached hydrogen (secondary N) is 2. The molecule has 1 saturated heterocycles. The Labute approximate surface area is 169 Å². The third-order valence-corrected chi connectivity index (χ3v) is 5.83. The van der Waals surface area contributed by atoms with Crippen LogP contribution in [0.2, 0.25) is 0 Å². The fraction of sp³-hybridized carbons (Fsp3) is 0.350. The quantitative estimate of drug-likeness (QED) is 0.681. The minimum Gasteiger partial charge on any atom is -0.494 e. The Balaban J connectivity index is 1.42. The number of alkyl halides is 3. The van der Waals surface area contributed by atoms with Gasteiger partial charge in [-0.05, 0) is 24.6 Å². The van der Waals surface area contributed by atoms with E-state index in [9.17, 15) is 18.0 Å².